The smallest absolute Gasteiger partial charge is 0.286 e. The van der Waals surface area contributed by atoms with Crippen LogP contribution in [0.25, 0.3) is 0 Å². The molecule has 2 heterocycles. The van der Waals surface area contributed by atoms with Crippen molar-refractivity contribution in [1.82, 2.24) is 4.98 Å². The Bertz CT molecular complexity index is 1220. The third-order valence-electron chi connectivity index (χ3n) is 4.45. The number of ether oxygens (including phenoxy) is 2. The molecule has 1 aromatic heterocycles. The Morgan fingerprint density at radius 3 is 2.44 bits per heavy atom. The van der Waals surface area contributed by atoms with Gasteiger partial charge >= 0.3 is 0 Å². The van der Waals surface area contributed by atoms with Gasteiger partial charge in [-0.05, 0) is 46.3 Å². The lowest BCUT2D eigenvalue weighted by molar-refractivity contribution is -0.385. The number of nitrogens with one attached hydrogen (secondary N) is 2. The molecule has 2 amide bonds. The van der Waals surface area contributed by atoms with E-state index in [0.29, 0.717) is 5.82 Å². The fraction of sp³-hybridized carbons (Fsp3) is 0.0952. The second-order valence-corrected chi connectivity index (χ2v) is 7.54. The Kier molecular flexibility index (Phi) is 5.99. The number of hydrogen-bond donors (Lipinski definition) is 2. The molecule has 162 valence electrons. The molecule has 32 heavy (non-hydrogen) atoms. The molecule has 4 rings (SSSR count). The summed E-state index contributed by atoms with van der Waals surface area (Å²) in [6.07, 6.45) is 1.55. The number of nitro benzene ring substituents is 1. The molecule has 0 fully saturated rings. The maximum Gasteiger partial charge on any atom is 0.286 e. The molecule has 1 aliphatic rings. The molecular formula is C21H15BrN4O6. The van der Waals surface area contributed by atoms with E-state index in [1.165, 1.54) is 18.2 Å². The topological polar surface area (TPSA) is 133 Å². The Morgan fingerprint density at radius 1 is 1.00 bits per heavy atom. The number of nitrogens with zero attached hydrogens (tertiary/aromatic N) is 2. The summed E-state index contributed by atoms with van der Waals surface area (Å²) in [5.74, 6) is -0.330. The van der Waals surface area contributed by atoms with Gasteiger partial charge in [0.25, 0.3) is 17.5 Å². The van der Waals surface area contributed by atoms with E-state index in [1.807, 2.05) is 0 Å². The lowest BCUT2D eigenvalue weighted by Crippen LogP contribution is -2.19. The second-order valence-electron chi connectivity index (χ2n) is 6.62. The minimum Gasteiger partial charge on any atom is -0.486 e. The standard InChI is InChI=1S/C21H15BrN4O6/c22-13-4-5-19(23-11-13)25-20(27)12-2-1-3-14(8-12)24-21(28)15-9-17-18(32-7-6-31-17)10-16(15)26(29)30/h1-5,8-11H,6-7H2,(H,24,28)(H,23,25,27). The number of pyridine rings is 1. The van der Waals surface area contributed by atoms with Gasteiger partial charge in [-0.15, -0.1) is 0 Å². The van der Waals surface area contributed by atoms with Crippen molar-refractivity contribution < 1.29 is 24.0 Å². The Labute approximate surface area is 189 Å². The van der Waals surface area contributed by atoms with Gasteiger partial charge in [0, 0.05) is 28.0 Å². The van der Waals surface area contributed by atoms with Crippen molar-refractivity contribution in [1.29, 1.82) is 0 Å². The van der Waals surface area contributed by atoms with Crippen LogP contribution in [-0.4, -0.2) is 34.9 Å². The lowest BCUT2D eigenvalue weighted by atomic mass is 10.1. The molecule has 2 aromatic carbocycles. The normalized spacial score (nSPS) is 12.0. The van der Waals surface area contributed by atoms with E-state index < -0.39 is 22.4 Å². The van der Waals surface area contributed by atoms with Crippen LogP contribution in [0.5, 0.6) is 11.5 Å². The molecular weight excluding hydrogens is 484 g/mol. The van der Waals surface area contributed by atoms with Gasteiger partial charge in [0.2, 0.25) is 0 Å². The number of anilines is 2. The molecule has 0 aliphatic carbocycles. The highest BCUT2D eigenvalue weighted by Gasteiger charge is 2.26. The first-order valence-corrected chi connectivity index (χ1v) is 10.1. The van der Waals surface area contributed by atoms with Gasteiger partial charge in [-0.1, -0.05) is 6.07 Å². The van der Waals surface area contributed by atoms with Crippen LogP contribution in [0.3, 0.4) is 0 Å². The number of benzene rings is 2. The average Bonchev–Trinajstić information content (AvgIpc) is 2.79. The average molecular weight is 499 g/mol. The van der Waals surface area contributed by atoms with Crippen LogP contribution in [0.15, 0.2) is 59.2 Å². The van der Waals surface area contributed by atoms with E-state index >= 15 is 0 Å². The zero-order valence-electron chi connectivity index (χ0n) is 16.3. The summed E-state index contributed by atoms with van der Waals surface area (Å²) in [4.78, 5) is 40.2. The first-order chi connectivity index (χ1) is 15.4. The summed E-state index contributed by atoms with van der Waals surface area (Å²) in [6.45, 7) is 0.538. The zero-order chi connectivity index (χ0) is 22.7. The molecule has 0 saturated carbocycles. The first kappa shape index (κ1) is 21.2. The van der Waals surface area contributed by atoms with E-state index in [0.717, 1.165) is 4.47 Å². The van der Waals surface area contributed by atoms with Crippen LogP contribution in [0.4, 0.5) is 17.2 Å². The fourth-order valence-corrected chi connectivity index (χ4v) is 3.22. The maximum absolute atomic E-state index is 12.8. The van der Waals surface area contributed by atoms with E-state index in [-0.39, 0.29) is 41.5 Å². The predicted octanol–water partition coefficient (Wildman–Crippen LogP) is 4.03. The quantitative estimate of drug-likeness (QED) is 0.400. The predicted molar refractivity (Wildman–Crippen MR) is 118 cm³/mol. The maximum atomic E-state index is 12.8. The summed E-state index contributed by atoms with van der Waals surface area (Å²) in [7, 11) is 0. The summed E-state index contributed by atoms with van der Waals surface area (Å²) in [5, 5.41) is 16.7. The Hall–Kier alpha value is -3.99. The molecule has 1 aliphatic heterocycles. The van der Waals surface area contributed by atoms with Gasteiger partial charge in [-0.25, -0.2) is 4.98 Å². The van der Waals surface area contributed by atoms with E-state index in [2.05, 4.69) is 31.5 Å². The van der Waals surface area contributed by atoms with Crippen LogP contribution in [0.1, 0.15) is 20.7 Å². The van der Waals surface area contributed by atoms with E-state index in [1.54, 1.807) is 36.5 Å². The molecule has 0 saturated heterocycles. The fourth-order valence-electron chi connectivity index (χ4n) is 2.99. The molecule has 10 nitrogen and oxygen atoms in total. The van der Waals surface area contributed by atoms with E-state index in [9.17, 15) is 19.7 Å². The highest BCUT2D eigenvalue weighted by Crippen LogP contribution is 2.36. The number of carbonyl (C=O) groups is 2. The van der Waals surface area contributed by atoms with Crippen molar-refractivity contribution >= 4 is 44.9 Å². The molecule has 0 atom stereocenters. The van der Waals surface area contributed by atoms with Gasteiger partial charge in [-0.2, -0.15) is 0 Å². The molecule has 0 unspecified atom stereocenters. The SMILES string of the molecule is O=C(Nc1ccc(Br)cn1)c1cccc(NC(=O)c2cc3c(cc2[N+](=O)[O-])OCCO3)c1. The van der Waals surface area contributed by atoms with Crippen LogP contribution < -0.4 is 20.1 Å². The lowest BCUT2D eigenvalue weighted by Gasteiger charge is -2.19. The number of hydrogen-bond acceptors (Lipinski definition) is 7. The third kappa shape index (κ3) is 4.67. The second kappa shape index (κ2) is 9.02. The minimum atomic E-state index is -0.721. The Balaban J connectivity index is 1.54. The number of fused-ring (bicyclic) bond motifs is 1. The van der Waals surface area contributed by atoms with Gasteiger partial charge in [0.15, 0.2) is 11.5 Å². The number of aromatic nitrogens is 1. The highest BCUT2D eigenvalue weighted by molar-refractivity contribution is 9.10. The van der Waals surface area contributed by atoms with Gasteiger partial charge < -0.3 is 20.1 Å². The van der Waals surface area contributed by atoms with Crippen molar-refractivity contribution in [3.05, 3.63) is 80.4 Å². The largest absolute Gasteiger partial charge is 0.486 e. The van der Waals surface area contributed by atoms with Gasteiger partial charge in [0.1, 0.15) is 24.6 Å². The van der Waals surface area contributed by atoms with Crippen LogP contribution in [-0.2, 0) is 0 Å². The summed E-state index contributed by atoms with van der Waals surface area (Å²) < 4.78 is 11.5. The first-order valence-electron chi connectivity index (χ1n) is 9.33. The van der Waals surface area contributed by atoms with Crippen molar-refractivity contribution in [3.63, 3.8) is 0 Å². The number of halogens is 1. The van der Waals surface area contributed by atoms with E-state index in [4.69, 9.17) is 9.47 Å². The number of nitro groups is 1. The Morgan fingerprint density at radius 2 is 1.75 bits per heavy atom. The summed E-state index contributed by atoms with van der Waals surface area (Å²) in [5.41, 5.74) is -0.0464. The van der Waals surface area contributed by atoms with Crippen molar-refractivity contribution in [2.24, 2.45) is 0 Å². The third-order valence-corrected chi connectivity index (χ3v) is 4.92. The minimum absolute atomic E-state index is 0.187. The summed E-state index contributed by atoms with van der Waals surface area (Å²) >= 11 is 3.27. The highest BCUT2D eigenvalue weighted by atomic mass is 79.9. The van der Waals surface area contributed by atoms with Crippen LogP contribution in [0.2, 0.25) is 0 Å². The monoisotopic (exact) mass is 498 g/mol. The molecule has 3 aromatic rings. The molecule has 0 bridgehead atoms. The number of rotatable bonds is 5. The molecule has 0 spiro atoms. The van der Waals surface area contributed by atoms with Crippen molar-refractivity contribution in [2.75, 3.05) is 23.8 Å². The number of amides is 2. The number of carbonyl (C=O) groups excluding carboxylic acids is 2. The van der Waals surface area contributed by atoms with Gasteiger partial charge in [-0.3, -0.25) is 19.7 Å². The van der Waals surface area contributed by atoms with Crippen LogP contribution >= 0.6 is 15.9 Å². The molecule has 11 heteroatoms. The van der Waals surface area contributed by atoms with Gasteiger partial charge in [0.05, 0.1) is 11.0 Å². The summed E-state index contributed by atoms with van der Waals surface area (Å²) in [6, 6.07) is 12.0. The molecule has 0 radical (unpaired) electrons. The zero-order valence-corrected chi connectivity index (χ0v) is 17.9. The van der Waals surface area contributed by atoms with Crippen molar-refractivity contribution in [2.45, 2.75) is 0 Å². The van der Waals surface area contributed by atoms with Crippen LogP contribution in [0, 0.1) is 10.1 Å². The van der Waals surface area contributed by atoms with Crippen molar-refractivity contribution in [3.8, 4) is 11.5 Å². The molecule has 2 N–H and O–H groups in total.